The van der Waals surface area contributed by atoms with Gasteiger partial charge in [0.1, 0.15) is 6.29 Å². The van der Waals surface area contributed by atoms with Crippen molar-refractivity contribution in [1.82, 2.24) is 0 Å². The Bertz CT molecular complexity index is 497. The fourth-order valence-corrected chi connectivity index (χ4v) is 2.49. The maximum Gasteiger partial charge on any atom is 0.142 e. The van der Waals surface area contributed by atoms with Crippen LogP contribution in [0.1, 0.15) is 19.4 Å². The van der Waals surface area contributed by atoms with Gasteiger partial charge in [-0.15, -0.1) is 0 Å². The Morgan fingerprint density at radius 2 is 1.88 bits per heavy atom. The monoisotopic (exact) mass is 227 g/mol. The van der Waals surface area contributed by atoms with Crippen molar-refractivity contribution in [3.63, 3.8) is 0 Å². The van der Waals surface area contributed by atoms with E-state index in [-0.39, 0.29) is 5.41 Å². The number of allylic oxidation sites excluding steroid dienone is 4. The third kappa shape index (κ3) is 1.80. The number of nitrogens with zero attached hydrogens (tertiary/aromatic N) is 1. The molecule has 0 amide bonds. The molecule has 0 spiro atoms. The summed E-state index contributed by atoms with van der Waals surface area (Å²) in [6.07, 6.45) is 6.12. The van der Waals surface area contributed by atoms with Crippen molar-refractivity contribution in [2.24, 2.45) is 0 Å². The van der Waals surface area contributed by atoms with Gasteiger partial charge in [0.15, 0.2) is 0 Å². The first-order valence-corrected chi connectivity index (χ1v) is 5.75. The van der Waals surface area contributed by atoms with Crippen molar-refractivity contribution in [2.75, 3.05) is 11.9 Å². The summed E-state index contributed by atoms with van der Waals surface area (Å²) in [5, 5.41) is 0. The van der Waals surface area contributed by atoms with E-state index in [4.69, 9.17) is 0 Å². The van der Waals surface area contributed by atoms with Crippen LogP contribution in [0.3, 0.4) is 0 Å². The first-order valence-electron chi connectivity index (χ1n) is 5.75. The van der Waals surface area contributed by atoms with Crippen LogP contribution in [0, 0.1) is 0 Å². The Morgan fingerprint density at radius 3 is 2.53 bits per heavy atom. The van der Waals surface area contributed by atoms with E-state index in [2.05, 4.69) is 50.1 Å². The molecule has 0 bridgehead atoms. The Labute approximate surface area is 102 Å². The SMILES string of the molecule is CN1/C(=C/C=C/C=O)C(C)(C)c2ccccc21. The number of para-hydroxylation sites is 1. The summed E-state index contributed by atoms with van der Waals surface area (Å²) < 4.78 is 0. The number of hydrogen-bond acceptors (Lipinski definition) is 2. The van der Waals surface area contributed by atoms with Crippen LogP contribution in [0.25, 0.3) is 0 Å². The number of anilines is 1. The molecule has 0 N–H and O–H groups in total. The second-order valence-electron chi connectivity index (χ2n) is 4.77. The van der Waals surface area contributed by atoms with Crippen molar-refractivity contribution in [2.45, 2.75) is 19.3 Å². The average molecular weight is 227 g/mol. The van der Waals surface area contributed by atoms with Crippen molar-refractivity contribution >= 4 is 12.0 Å². The standard InChI is InChI=1S/C15H17NO/c1-15(2)12-8-4-5-9-13(12)16(3)14(15)10-6-7-11-17/h4-11H,1-3H3/b7-6+,14-10+. The molecule has 1 aromatic rings. The van der Waals surface area contributed by atoms with E-state index < -0.39 is 0 Å². The summed E-state index contributed by atoms with van der Waals surface area (Å²) in [6.45, 7) is 4.41. The molecule has 0 atom stereocenters. The molecule has 88 valence electrons. The van der Waals surface area contributed by atoms with Gasteiger partial charge in [-0.05, 0) is 23.8 Å². The van der Waals surface area contributed by atoms with Crippen LogP contribution in [-0.2, 0) is 10.2 Å². The normalized spacial score (nSPS) is 19.9. The maximum atomic E-state index is 10.3. The molecule has 17 heavy (non-hydrogen) atoms. The van der Waals surface area contributed by atoms with Gasteiger partial charge >= 0.3 is 0 Å². The summed E-state index contributed by atoms with van der Waals surface area (Å²) in [5.41, 5.74) is 3.76. The van der Waals surface area contributed by atoms with Gasteiger partial charge in [0, 0.05) is 23.8 Å². The molecule has 1 aliphatic heterocycles. The van der Waals surface area contributed by atoms with Gasteiger partial charge in [-0.2, -0.15) is 0 Å². The third-order valence-corrected chi connectivity index (χ3v) is 3.38. The minimum atomic E-state index is -0.0153. The summed E-state index contributed by atoms with van der Waals surface area (Å²) in [4.78, 5) is 12.5. The molecule has 1 heterocycles. The predicted octanol–water partition coefficient (Wildman–Crippen LogP) is 3.05. The van der Waals surface area contributed by atoms with E-state index in [0.29, 0.717) is 0 Å². The summed E-state index contributed by atoms with van der Waals surface area (Å²) >= 11 is 0. The number of carbonyl (C=O) groups is 1. The Hall–Kier alpha value is -1.83. The predicted molar refractivity (Wildman–Crippen MR) is 71.2 cm³/mol. The summed E-state index contributed by atoms with van der Waals surface area (Å²) in [6, 6.07) is 8.41. The molecule has 0 aliphatic carbocycles. The van der Waals surface area contributed by atoms with E-state index in [9.17, 15) is 4.79 Å². The van der Waals surface area contributed by atoms with Crippen LogP contribution in [0.2, 0.25) is 0 Å². The fraction of sp³-hybridized carbons (Fsp3) is 0.267. The quantitative estimate of drug-likeness (QED) is 0.571. The minimum absolute atomic E-state index is 0.0153. The van der Waals surface area contributed by atoms with Crippen molar-refractivity contribution < 1.29 is 4.79 Å². The van der Waals surface area contributed by atoms with E-state index in [1.807, 2.05) is 6.08 Å². The Balaban J connectivity index is 2.50. The van der Waals surface area contributed by atoms with Crippen LogP contribution in [-0.4, -0.2) is 13.3 Å². The third-order valence-electron chi connectivity index (χ3n) is 3.38. The van der Waals surface area contributed by atoms with Crippen LogP contribution in [0.15, 0.2) is 48.2 Å². The highest BCUT2D eigenvalue weighted by atomic mass is 16.1. The number of carbonyl (C=O) groups excluding carboxylic acids is 1. The highest BCUT2D eigenvalue weighted by molar-refractivity contribution is 5.71. The zero-order valence-corrected chi connectivity index (χ0v) is 10.5. The van der Waals surface area contributed by atoms with Gasteiger partial charge in [-0.1, -0.05) is 38.1 Å². The van der Waals surface area contributed by atoms with Crippen molar-refractivity contribution in [3.8, 4) is 0 Å². The zero-order valence-electron chi connectivity index (χ0n) is 10.5. The number of rotatable bonds is 2. The molecule has 0 saturated heterocycles. The van der Waals surface area contributed by atoms with Crippen LogP contribution < -0.4 is 4.90 Å². The summed E-state index contributed by atoms with van der Waals surface area (Å²) in [7, 11) is 2.06. The maximum absolute atomic E-state index is 10.3. The molecular formula is C15H17NO. The lowest BCUT2D eigenvalue weighted by atomic mass is 9.84. The Morgan fingerprint density at radius 1 is 1.18 bits per heavy atom. The number of fused-ring (bicyclic) bond motifs is 1. The molecular weight excluding hydrogens is 210 g/mol. The van der Waals surface area contributed by atoms with E-state index >= 15 is 0 Å². The number of hydrogen-bond donors (Lipinski definition) is 0. The van der Waals surface area contributed by atoms with Gasteiger partial charge in [0.25, 0.3) is 0 Å². The van der Waals surface area contributed by atoms with Crippen molar-refractivity contribution in [3.05, 3.63) is 53.8 Å². The largest absolute Gasteiger partial charge is 0.347 e. The smallest absolute Gasteiger partial charge is 0.142 e. The second-order valence-corrected chi connectivity index (χ2v) is 4.77. The highest BCUT2D eigenvalue weighted by Crippen LogP contribution is 2.46. The molecule has 0 saturated carbocycles. The van der Waals surface area contributed by atoms with E-state index in [1.165, 1.54) is 23.0 Å². The molecule has 0 aromatic heterocycles. The highest BCUT2D eigenvalue weighted by Gasteiger charge is 2.37. The van der Waals surface area contributed by atoms with Gasteiger partial charge < -0.3 is 4.90 Å². The molecule has 0 fully saturated rings. The van der Waals surface area contributed by atoms with Crippen LogP contribution in [0.4, 0.5) is 5.69 Å². The molecule has 0 radical (unpaired) electrons. The molecule has 2 rings (SSSR count). The molecule has 1 aliphatic rings. The van der Waals surface area contributed by atoms with Gasteiger partial charge in [-0.25, -0.2) is 0 Å². The lowest BCUT2D eigenvalue weighted by molar-refractivity contribution is -0.104. The number of aldehydes is 1. The van der Waals surface area contributed by atoms with E-state index in [0.717, 1.165) is 6.29 Å². The summed E-state index contributed by atoms with van der Waals surface area (Å²) in [5.74, 6) is 0. The van der Waals surface area contributed by atoms with E-state index in [1.54, 1.807) is 6.08 Å². The minimum Gasteiger partial charge on any atom is -0.347 e. The molecule has 2 nitrogen and oxygen atoms in total. The molecule has 0 unspecified atom stereocenters. The Kier molecular flexibility index (Phi) is 2.88. The number of likely N-dealkylation sites (N-methyl/N-ethyl adjacent to an activating group) is 1. The average Bonchev–Trinajstić information content (AvgIpc) is 2.51. The van der Waals surface area contributed by atoms with Gasteiger partial charge in [0.05, 0.1) is 0 Å². The fourth-order valence-electron chi connectivity index (χ4n) is 2.49. The lowest BCUT2D eigenvalue weighted by Crippen LogP contribution is -2.22. The van der Waals surface area contributed by atoms with Crippen LogP contribution >= 0.6 is 0 Å². The second kappa shape index (κ2) is 4.21. The van der Waals surface area contributed by atoms with Gasteiger partial charge in [0.2, 0.25) is 0 Å². The molecule has 1 aromatic carbocycles. The topological polar surface area (TPSA) is 20.3 Å². The first-order chi connectivity index (χ1) is 8.09. The van der Waals surface area contributed by atoms with Gasteiger partial charge in [-0.3, -0.25) is 4.79 Å². The zero-order chi connectivity index (χ0) is 12.5. The lowest BCUT2D eigenvalue weighted by Gasteiger charge is -2.23. The molecule has 2 heteroatoms. The first kappa shape index (κ1) is 11.6. The van der Waals surface area contributed by atoms with Crippen LogP contribution in [0.5, 0.6) is 0 Å². The van der Waals surface area contributed by atoms with Crippen molar-refractivity contribution in [1.29, 1.82) is 0 Å². The number of benzene rings is 1.